The van der Waals surface area contributed by atoms with E-state index in [1.54, 1.807) is 0 Å². The number of aromatic nitrogens is 2. The average molecular weight is 397 g/mol. The Morgan fingerprint density at radius 2 is 1.93 bits per heavy atom. The van der Waals surface area contributed by atoms with Crippen LogP contribution < -0.4 is 5.32 Å². The highest BCUT2D eigenvalue weighted by Crippen LogP contribution is 2.43. The van der Waals surface area contributed by atoms with E-state index in [1.807, 2.05) is 29.2 Å². The quantitative estimate of drug-likeness (QED) is 0.711. The van der Waals surface area contributed by atoms with Gasteiger partial charge >= 0.3 is 0 Å². The van der Waals surface area contributed by atoms with E-state index >= 15 is 0 Å². The van der Waals surface area contributed by atoms with Crippen LogP contribution >= 0.6 is 12.4 Å². The Morgan fingerprint density at radius 1 is 1.14 bits per heavy atom. The van der Waals surface area contributed by atoms with E-state index in [1.165, 1.54) is 5.56 Å². The molecule has 0 radical (unpaired) electrons. The van der Waals surface area contributed by atoms with Gasteiger partial charge in [0.2, 0.25) is 0 Å². The van der Waals surface area contributed by atoms with Crippen LogP contribution in [0.3, 0.4) is 0 Å². The van der Waals surface area contributed by atoms with Crippen LogP contribution in [0.5, 0.6) is 0 Å². The van der Waals surface area contributed by atoms with Crippen molar-refractivity contribution in [3.63, 3.8) is 0 Å². The van der Waals surface area contributed by atoms with Crippen molar-refractivity contribution in [1.29, 1.82) is 0 Å². The third-order valence-electron chi connectivity index (χ3n) is 6.39. The summed E-state index contributed by atoms with van der Waals surface area (Å²) in [6, 6.07) is 18.5. The highest BCUT2D eigenvalue weighted by atomic mass is 35.5. The molecular formula is C22H25ClN4O. The number of para-hydroxylation sites is 1. The maximum Gasteiger partial charge on any atom is 0.275 e. The molecule has 3 heterocycles. The van der Waals surface area contributed by atoms with Gasteiger partial charge in [0.25, 0.3) is 5.91 Å². The van der Waals surface area contributed by atoms with E-state index in [9.17, 15) is 4.79 Å². The molecule has 0 bridgehead atoms. The molecule has 5 nitrogen and oxygen atoms in total. The van der Waals surface area contributed by atoms with Crippen LogP contribution in [-0.2, 0) is 6.42 Å². The van der Waals surface area contributed by atoms with Crippen molar-refractivity contribution in [1.82, 2.24) is 20.4 Å². The van der Waals surface area contributed by atoms with Gasteiger partial charge in [0.1, 0.15) is 0 Å². The topological polar surface area (TPSA) is 61.0 Å². The van der Waals surface area contributed by atoms with Gasteiger partial charge < -0.3 is 10.2 Å². The second-order valence-electron chi connectivity index (χ2n) is 7.98. The number of benzene rings is 2. The molecule has 1 amide bonds. The van der Waals surface area contributed by atoms with Crippen molar-refractivity contribution >= 4 is 29.2 Å². The largest absolute Gasteiger partial charge is 0.336 e. The summed E-state index contributed by atoms with van der Waals surface area (Å²) >= 11 is 0. The molecule has 2 aliphatic heterocycles. The third kappa shape index (κ3) is 3.19. The monoisotopic (exact) mass is 396 g/mol. The van der Waals surface area contributed by atoms with E-state index in [0.29, 0.717) is 11.6 Å². The van der Waals surface area contributed by atoms with Crippen molar-refractivity contribution in [2.75, 3.05) is 26.2 Å². The van der Waals surface area contributed by atoms with Crippen molar-refractivity contribution in [3.8, 4) is 0 Å². The Hall–Kier alpha value is -2.37. The number of H-pyrrole nitrogens is 1. The number of nitrogens with one attached hydrogen (secondary N) is 2. The van der Waals surface area contributed by atoms with Gasteiger partial charge in [-0.05, 0) is 30.4 Å². The lowest BCUT2D eigenvalue weighted by Crippen LogP contribution is -2.36. The predicted octanol–water partition coefficient (Wildman–Crippen LogP) is 3.28. The lowest BCUT2D eigenvalue weighted by atomic mass is 9.76. The summed E-state index contributed by atoms with van der Waals surface area (Å²) in [6.45, 7) is 3.63. The first-order chi connectivity index (χ1) is 13.3. The Balaban J connectivity index is 0.00000192. The number of halogens is 1. The number of nitrogens with zero attached hydrogens (tertiary/aromatic N) is 2. The fraction of sp³-hybridized carbons (Fsp3) is 0.364. The van der Waals surface area contributed by atoms with Crippen molar-refractivity contribution in [3.05, 3.63) is 65.9 Å². The minimum Gasteiger partial charge on any atom is -0.336 e. The van der Waals surface area contributed by atoms with E-state index in [4.69, 9.17) is 0 Å². The molecule has 2 unspecified atom stereocenters. The molecular weight excluding hydrogens is 372 g/mol. The first-order valence-electron chi connectivity index (χ1n) is 9.72. The second kappa shape index (κ2) is 7.57. The van der Waals surface area contributed by atoms with E-state index in [0.717, 1.165) is 49.9 Å². The summed E-state index contributed by atoms with van der Waals surface area (Å²) < 4.78 is 0. The summed E-state index contributed by atoms with van der Waals surface area (Å²) in [7, 11) is 0. The van der Waals surface area contributed by atoms with Crippen molar-refractivity contribution in [2.45, 2.75) is 12.8 Å². The van der Waals surface area contributed by atoms with Gasteiger partial charge in [-0.3, -0.25) is 9.89 Å². The Morgan fingerprint density at radius 3 is 2.79 bits per heavy atom. The molecule has 2 atom stereocenters. The first-order valence-corrected chi connectivity index (χ1v) is 9.72. The Labute approximate surface area is 170 Å². The first kappa shape index (κ1) is 19.0. The van der Waals surface area contributed by atoms with Crippen LogP contribution in [0, 0.1) is 11.3 Å². The molecule has 3 aromatic rings. The van der Waals surface area contributed by atoms with Gasteiger partial charge in [0.05, 0.1) is 5.52 Å². The molecule has 2 aromatic carbocycles. The van der Waals surface area contributed by atoms with E-state index in [-0.39, 0.29) is 23.7 Å². The fourth-order valence-electron chi connectivity index (χ4n) is 4.85. The highest BCUT2D eigenvalue weighted by Gasteiger charge is 2.50. The highest BCUT2D eigenvalue weighted by molar-refractivity contribution is 6.04. The summed E-state index contributed by atoms with van der Waals surface area (Å²) in [5.74, 6) is 0.580. The normalized spacial score (nSPS) is 23.6. The van der Waals surface area contributed by atoms with Crippen LogP contribution in [0.1, 0.15) is 22.5 Å². The summed E-state index contributed by atoms with van der Waals surface area (Å²) in [5, 5.41) is 11.8. The van der Waals surface area contributed by atoms with Gasteiger partial charge in [0, 0.05) is 37.0 Å². The summed E-state index contributed by atoms with van der Waals surface area (Å²) in [5.41, 5.74) is 3.02. The number of carbonyl (C=O) groups is 1. The zero-order chi connectivity index (χ0) is 18.3. The lowest BCUT2D eigenvalue weighted by Gasteiger charge is -2.28. The van der Waals surface area contributed by atoms with E-state index < -0.39 is 0 Å². The van der Waals surface area contributed by atoms with Gasteiger partial charge in [-0.25, -0.2) is 0 Å². The third-order valence-corrected chi connectivity index (χ3v) is 6.39. The molecule has 0 saturated carbocycles. The summed E-state index contributed by atoms with van der Waals surface area (Å²) in [6.07, 6.45) is 2.17. The van der Waals surface area contributed by atoms with Gasteiger partial charge in [-0.1, -0.05) is 48.5 Å². The van der Waals surface area contributed by atoms with Gasteiger partial charge in [0.15, 0.2) is 5.69 Å². The second-order valence-corrected chi connectivity index (χ2v) is 7.98. The fourth-order valence-corrected chi connectivity index (χ4v) is 4.85. The maximum absolute atomic E-state index is 13.2. The number of fused-ring (bicyclic) bond motifs is 2. The van der Waals surface area contributed by atoms with Crippen LogP contribution in [0.25, 0.3) is 10.9 Å². The Bertz CT molecular complexity index is 973. The van der Waals surface area contributed by atoms with Gasteiger partial charge in [-0.15, -0.1) is 12.4 Å². The standard InChI is InChI=1S/C22H24N4O.ClH/c27-21(20-18-8-4-5-9-19(18)24-25-20)26-13-17-12-23-14-22(17,15-26)11-10-16-6-2-1-3-7-16;/h1-9,17,23H,10-15H2,(H,24,25);1H. The molecule has 0 aliphatic carbocycles. The molecule has 2 saturated heterocycles. The number of rotatable bonds is 4. The molecule has 2 aliphatic rings. The number of hydrogen-bond acceptors (Lipinski definition) is 3. The van der Waals surface area contributed by atoms with Crippen molar-refractivity contribution < 1.29 is 4.79 Å². The number of amides is 1. The molecule has 2 N–H and O–H groups in total. The maximum atomic E-state index is 13.2. The average Bonchev–Trinajstić information content (AvgIpc) is 3.39. The Kier molecular flexibility index (Phi) is 5.13. The number of aryl methyl sites for hydroxylation is 1. The number of likely N-dealkylation sites (tertiary alicyclic amines) is 1. The molecule has 28 heavy (non-hydrogen) atoms. The SMILES string of the molecule is Cl.O=C(c1n[nH]c2ccccc12)N1CC2CNCC2(CCc2ccccc2)C1. The van der Waals surface area contributed by atoms with Crippen molar-refractivity contribution in [2.24, 2.45) is 11.3 Å². The number of hydrogen-bond donors (Lipinski definition) is 2. The number of aromatic amines is 1. The van der Waals surface area contributed by atoms with Crippen LogP contribution in [0.4, 0.5) is 0 Å². The molecule has 6 heteroatoms. The smallest absolute Gasteiger partial charge is 0.275 e. The van der Waals surface area contributed by atoms with Crippen LogP contribution in [0.2, 0.25) is 0 Å². The minimum atomic E-state index is 0. The predicted molar refractivity (Wildman–Crippen MR) is 113 cm³/mol. The van der Waals surface area contributed by atoms with Crippen LogP contribution in [-0.4, -0.2) is 47.2 Å². The molecule has 0 spiro atoms. The molecule has 1 aromatic heterocycles. The summed E-state index contributed by atoms with van der Waals surface area (Å²) in [4.78, 5) is 15.2. The zero-order valence-corrected chi connectivity index (χ0v) is 16.5. The molecule has 146 valence electrons. The minimum absolute atomic E-state index is 0. The molecule has 2 fully saturated rings. The van der Waals surface area contributed by atoms with Gasteiger partial charge in [-0.2, -0.15) is 5.10 Å². The zero-order valence-electron chi connectivity index (χ0n) is 15.7. The number of carbonyl (C=O) groups excluding carboxylic acids is 1. The van der Waals surface area contributed by atoms with Crippen LogP contribution in [0.15, 0.2) is 54.6 Å². The van der Waals surface area contributed by atoms with E-state index in [2.05, 4.69) is 45.8 Å². The lowest BCUT2D eigenvalue weighted by molar-refractivity contribution is 0.0765. The molecule has 5 rings (SSSR count).